The van der Waals surface area contributed by atoms with Crippen LogP contribution >= 0.6 is 0 Å². The molecule has 0 saturated heterocycles. The molecular formula is C19H24N6. The van der Waals surface area contributed by atoms with Crippen molar-refractivity contribution in [3.8, 4) is 11.5 Å². The second kappa shape index (κ2) is 4.94. The molecule has 4 rings (SSSR count). The molecule has 0 fully saturated rings. The molecule has 6 heteroatoms. The van der Waals surface area contributed by atoms with Crippen molar-refractivity contribution in [2.45, 2.75) is 52.4 Å². The SMILES string of the molecule is CC(C)(C)c1cc(-c2nc3cc4nc(C(C)(C)C)[nH]c4cc3[nH]2)n[nH]1. The van der Waals surface area contributed by atoms with Gasteiger partial charge in [-0.05, 0) is 18.2 Å². The largest absolute Gasteiger partial charge is 0.341 e. The summed E-state index contributed by atoms with van der Waals surface area (Å²) >= 11 is 0. The Morgan fingerprint density at radius 2 is 1.44 bits per heavy atom. The fourth-order valence-electron chi connectivity index (χ4n) is 2.82. The lowest BCUT2D eigenvalue weighted by Crippen LogP contribution is -2.12. The van der Waals surface area contributed by atoms with Crippen molar-refractivity contribution in [1.82, 2.24) is 30.1 Å². The van der Waals surface area contributed by atoms with E-state index in [4.69, 9.17) is 9.97 Å². The molecule has 0 spiro atoms. The summed E-state index contributed by atoms with van der Waals surface area (Å²) in [7, 11) is 0. The molecule has 0 aliphatic carbocycles. The van der Waals surface area contributed by atoms with Gasteiger partial charge in [-0.15, -0.1) is 0 Å². The topological polar surface area (TPSA) is 86.0 Å². The molecule has 4 aromatic rings. The first-order valence-electron chi connectivity index (χ1n) is 8.57. The van der Waals surface area contributed by atoms with Gasteiger partial charge < -0.3 is 9.97 Å². The standard InChI is InChI=1S/C19H24N6/c1-18(2,3)15-9-14(24-25-15)16-20-10-7-12-13(8-11(10)21-16)23-17(22-12)19(4,5)6/h7-9H,1-6H3,(H,20,21)(H,22,23)(H,24,25). The predicted molar refractivity (Wildman–Crippen MR) is 101 cm³/mol. The van der Waals surface area contributed by atoms with E-state index >= 15 is 0 Å². The van der Waals surface area contributed by atoms with Crippen LogP contribution in [0.3, 0.4) is 0 Å². The molecule has 130 valence electrons. The average molecular weight is 336 g/mol. The van der Waals surface area contributed by atoms with E-state index in [0.29, 0.717) is 0 Å². The second-order valence-corrected chi connectivity index (χ2v) is 8.72. The minimum absolute atomic E-state index is 0.0102. The van der Waals surface area contributed by atoms with E-state index in [1.165, 1.54) is 0 Å². The summed E-state index contributed by atoms with van der Waals surface area (Å²) in [5.41, 5.74) is 5.77. The number of nitrogens with one attached hydrogen (secondary N) is 3. The molecule has 0 bridgehead atoms. The Labute approximate surface area is 146 Å². The fourth-order valence-corrected chi connectivity index (χ4v) is 2.82. The molecule has 0 radical (unpaired) electrons. The molecular weight excluding hydrogens is 312 g/mol. The van der Waals surface area contributed by atoms with E-state index < -0.39 is 0 Å². The Kier molecular flexibility index (Phi) is 3.14. The van der Waals surface area contributed by atoms with Crippen molar-refractivity contribution < 1.29 is 0 Å². The summed E-state index contributed by atoms with van der Waals surface area (Å²) in [6, 6.07) is 6.15. The summed E-state index contributed by atoms with van der Waals surface area (Å²) in [5, 5.41) is 7.52. The number of aromatic nitrogens is 6. The van der Waals surface area contributed by atoms with Gasteiger partial charge in [-0.25, -0.2) is 9.97 Å². The number of H-pyrrole nitrogens is 3. The Morgan fingerprint density at radius 3 is 2.08 bits per heavy atom. The summed E-state index contributed by atoms with van der Waals surface area (Å²) in [6.45, 7) is 12.9. The van der Waals surface area contributed by atoms with Crippen molar-refractivity contribution >= 4 is 22.1 Å². The number of fused-ring (bicyclic) bond motifs is 2. The lowest BCUT2D eigenvalue weighted by molar-refractivity contribution is 0.554. The van der Waals surface area contributed by atoms with Gasteiger partial charge >= 0.3 is 0 Å². The highest BCUT2D eigenvalue weighted by Gasteiger charge is 2.20. The van der Waals surface area contributed by atoms with Gasteiger partial charge in [0.05, 0.1) is 22.1 Å². The smallest absolute Gasteiger partial charge is 0.159 e. The first-order chi connectivity index (χ1) is 11.6. The molecule has 3 aromatic heterocycles. The van der Waals surface area contributed by atoms with Gasteiger partial charge in [0.25, 0.3) is 0 Å². The molecule has 0 aliphatic rings. The first kappa shape index (κ1) is 15.9. The predicted octanol–water partition coefficient (Wildman–Crippen LogP) is 4.42. The molecule has 6 nitrogen and oxygen atoms in total. The van der Waals surface area contributed by atoms with Crippen LogP contribution in [0.5, 0.6) is 0 Å². The highest BCUT2D eigenvalue weighted by molar-refractivity contribution is 5.92. The first-order valence-corrected chi connectivity index (χ1v) is 8.57. The van der Waals surface area contributed by atoms with Gasteiger partial charge in [0.2, 0.25) is 0 Å². The van der Waals surface area contributed by atoms with E-state index in [2.05, 4.69) is 73.8 Å². The zero-order valence-electron chi connectivity index (χ0n) is 15.6. The maximum atomic E-state index is 4.72. The summed E-state index contributed by atoms with van der Waals surface area (Å²) in [6.07, 6.45) is 0. The molecule has 3 N–H and O–H groups in total. The molecule has 25 heavy (non-hydrogen) atoms. The summed E-state index contributed by atoms with van der Waals surface area (Å²) in [5.74, 6) is 1.75. The van der Waals surface area contributed by atoms with Crippen molar-refractivity contribution in [3.05, 3.63) is 29.7 Å². The third-order valence-corrected chi connectivity index (χ3v) is 4.42. The van der Waals surface area contributed by atoms with Gasteiger partial charge in [0.15, 0.2) is 5.82 Å². The van der Waals surface area contributed by atoms with Crippen LogP contribution in [0.2, 0.25) is 0 Å². The molecule has 1 aromatic carbocycles. The van der Waals surface area contributed by atoms with Crippen LogP contribution in [-0.2, 0) is 10.8 Å². The highest BCUT2D eigenvalue weighted by Crippen LogP contribution is 2.28. The van der Waals surface area contributed by atoms with Gasteiger partial charge in [-0.1, -0.05) is 41.5 Å². The van der Waals surface area contributed by atoms with E-state index in [1.807, 2.05) is 6.07 Å². The number of nitrogens with zero attached hydrogens (tertiary/aromatic N) is 3. The van der Waals surface area contributed by atoms with Crippen LogP contribution in [-0.4, -0.2) is 30.1 Å². The normalized spacial score (nSPS) is 13.2. The number of benzene rings is 1. The van der Waals surface area contributed by atoms with Gasteiger partial charge in [0.1, 0.15) is 11.5 Å². The minimum Gasteiger partial charge on any atom is -0.341 e. The van der Waals surface area contributed by atoms with Gasteiger partial charge in [0, 0.05) is 16.5 Å². The number of imidazole rings is 2. The van der Waals surface area contributed by atoms with Crippen LogP contribution < -0.4 is 0 Å². The Hall–Kier alpha value is -2.63. The molecule has 0 amide bonds. The van der Waals surface area contributed by atoms with Crippen molar-refractivity contribution in [2.24, 2.45) is 0 Å². The lowest BCUT2D eigenvalue weighted by Gasteiger charge is -2.14. The number of rotatable bonds is 1. The molecule has 3 heterocycles. The monoisotopic (exact) mass is 336 g/mol. The molecule has 0 saturated carbocycles. The van der Waals surface area contributed by atoms with E-state index in [9.17, 15) is 0 Å². The lowest BCUT2D eigenvalue weighted by atomic mass is 9.92. The van der Waals surface area contributed by atoms with Gasteiger partial charge in [-0.3, -0.25) is 5.10 Å². The Bertz CT molecular complexity index is 1010. The maximum Gasteiger partial charge on any atom is 0.159 e. The van der Waals surface area contributed by atoms with Crippen LogP contribution in [0.4, 0.5) is 0 Å². The van der Waals surface area contributed by atoms with Crippen LogP contribution in [0.1, 0.15) is 53.1 Å². The Morgan fingerprint density at radius 1 is 0.760 bits per heavy atom. The molecule has 0 atom stereocenters. The summed E-state index contributed by atoms with van der Waals surface area (Å²) < 4.78 is 0. The van der Waals surface area contributed by atoms with Crippen LogP contribution in [0, 0.1) is 0 Å². The van der Waals surface area contributed by atoms with E-state index in [-0.39, 0.29) is 10.8 Å². The third-order valence-electron chi connectivity index (χ3n) is 4.42. The molecule has 0 unspecified atom stereocenters. The zero-order valence-corrected chi connectivity index (χ0v) is 15.6. The van der Waals surface area contributed by atoms with Crippen molar-refractivity contribution in [1.29, 1.82) is 0 Å². The summed E-state index contributed by atoms with van der Waals surface area (Å²) in [4.78, 5) is 16.2. The van der Waals surface area contributed by atoms with E-state index in [0.717, 1.165) is 45.1 Å². The number of hydrogen-bond acceptors (Lipinski definition) is 3. The average Bonchev–Trinajstić information content (AvgIpc) is 3.19. The number of aromatic amines is 3. The fraction of sp³-hybridized carbons (Fsp3) is 0.421. The van der Waals surface area contributed by atoms with Crippen LogP contribution in [0.15, 0.2) is 18.2 Å². The van der Waals surface area contributed by atoms with Crippen molar-refractivity contribution in [2.75, 3.05) is 0 Å². The highest BCUT2D eigenvalue weighted by atomic mass is 15.1. The number of hydrogen-bond donors (Lipinski definition) is 3. The van der Waals surface area contributed by atoms with Crippen LogP contribution in [0.25, 0.3) is 33.6 Å². The molecule has 0 aliphatic heterocycles. The second-order valence-electron chi connectivity index (χ2n) is 8.72. The van der Waals surface area contributed by atoms with Crippen molar-refractivity contribution in [3.63, 3.8) is 0 Å². The quantitative estimate of drug-likeness (QED) is 0.481. The van der Waals surface area contributed by atoms with E-state index in [1.54, 1.807) is 0 Å². The maximum absolute atomic E-state index is 4.72. The minimum atomic E-state index is -0.0102. The zero-order chi connectivity index (χ0) is 18.0. The third kappa shape index (κ3) is 2.71. The Balaban J connectivity index is 1.79. The van der Waals surface area contributed by atoms with Gasteiger partial charge in [-0.2, -0.15) is 5.10 Å².